The second-order valence-corrected chi connectivity index (χ2v) is 4.31. The summed E-state index contributed by atoms with van der Waals surface area (Å²) in [5.74, 6) is 0.718. The Morgan fingerprint density at radius 2 is 2.36 bits per heavy atom. The third kappa shape index (κ3) is 1.86. The van der Waals surface area contributed by atoms with Crippen LogP contribution >= 0.6 is 0 Å². The first-order valence-electron chi connectivity index (χ1n) is 3.34. The predicted molar refractivity (Wildman–Crippen MR) is 41.0 cm³/mol. The number of rotatable bonds is 2. The molecule has 0 saturated heterocycles. The fourth-order valence-electron chi connectivity index (χ4n) is 0.766. The first kappa shape index (κ1) is 8.39. The summed E-state index contributed by atoms with van der Waals surface area (Å²) >= 11 is 0. The number of sulfonamides is 1. The Bertz CT molecular complexity index is 268. The molecule has 1 aliphatic heterocycles. The highest BCUT2D eigenvalue weighted by Crippen LogP contribution is 2.15. The van der Waals surface area contributed by atoms with E-state index in [2.05, 4.69) is 0 Å². The Hall–Kier alpha value is -0.710. The van der Waals surface area contributed by atoms with Crippen LogP contribution < -0.4 is 0 Å². The Labute approximate surface area is 66.5 Å². The van der Waals surface area contributed by atoms with Gasteiger partial charge in [0.25, 0.3) is 0 Å². The van der Waals surface area contributed by atoms with Gasteiger partial charge in [-0.15, -0.1) is 0 Å². The second kappa shape index (κ2) is 2.73. The molecule has 5 heteroatoms. The highest BCUT2D eigenvalue weighted by Gasteiger charge is 2.19. The minimum Gasteiger partial charge on any atom is -0.475 e. The van der Waals surface area contributed by atoms with Crippen LogP contribution in [0.5, 0.6) is 0 Å². The van der Waals surface area contributed by atoms with Crippen molar-refractivity contribution in [3.63, 3.8) is 0 Å². The third-order valence-electron chi connectivity index (χ3n) is 1.44. The van der Waals surface area contributed by atoms with Gasteiger partial charge in [-0.1, -0.05) is 6.92 Å². The van der Waals surface area contributed by atoms with Crippen molar-refractivity contribution in [3.05, 3.63) is 12.0 Å². The third-order valence-corrected chi connectivity index (χ3v) is 2.50. The molecule has 0 spiro atoms. The number of nitrogens with zero attached hydrogens (tertiary/aromatic N) is 1. The van der Waals surface area contributed by atoms with E-state index in [0.717, 1.165) is 18.4 Å². The van der Waals surface area contributed by atoms with Crippen LogP contribution in [-0.2, 0) is 14.8 Å². The van der Waals surface area contributed by atoms with E-state index in [0.29, 0.717) is 0 Å². The summed E-state index contributed by atoms with van der Waals surface area (Å²) in [7, 11) is -3.11. The van der Waals surface area contributed by atoms with Gasteiger partial charge < -0.3 is 4.74 Å². The lowest BCUT2D eigenvalue weighted by atomic mass is 10.4. The molecule has 0 radical (unpaired) electrons. The van der Waals surface area contributed by atoms with Gasteiger partial charge in [0.05, 0.1) is 12.5 Å². The Morgan fingerprint density at radius 3 is 2.64 bits per heavy atom. The fourth-order valence-corrected chi connectivity index (χ4v) is 1.32. The molecule has 4 nitrogen and oxygen atoms in total. The molecular formula is C6H11NO3S. The van der Waals surface area contributed by atoms with Crippen LogP contribution in [0.4, 0.5) is 0 Å². The van der Waals surface area contributed by atoms with Crippen molar-refractivity contribution in [2.24, 2.45) is 0 Å². The molecule has 0 N–H and O–H groups in total. The van der Waals surface area contributed by atoms with Gasteiger partial charge in [-0.05, 0) is 0 Å². The highest BCUT2D eigenvalue weighted by molar-refractivity contribution is 7.88. The molecule has 1 rings (SSSR count). The molecule has 64 valence electrons. The van der Waals surface area contributed by atoms with Crippen LogP contribution in [0.15, 0.2) is 12.0 Å². The number of hydrogen-bond acceptors (Lipinski definition) is 3. The van der Waals surface area contributed by atoms with E-state index in [4.69, 9.17) is 4.74 Å². The maximum Gasteiger partial charge on any atom is 0.234 e. The Kier molecular flexibility index (Phi) is 2.08. The van der Waals surface area contributed by atoms with Gasteiger partial charge in [0.15, 0.2) is 6.73 Å². The molecule has 0 aromatic rings. The predicted octanol–water partition coefficient (Wildman–Crippen LogP) is 0.487. The van der Waals surface area contributed by atoms with Crippen molar-refractivity contribution in [2.45, 2.75) is 13.3 Å². The van der Waals surface area contributed by atoms with Crippen LogP contribution in [0.1, 0.15) is 13.3 Å². The van der Waals surface area contributed by atoms with E-state index in [-0.39, 0.29) is 6.73 Å². The lowest BCUT2D eigenvalue weighted by Crippen LogP contribution is -2.22. The summed E-state index contributed by atoms with van der Waals surface area (Å²) in [4.78, 5) is 0. The van der Waals surface area contributed by atoms with Crippen molar-refractivity contribution in [1.29, 1.82) is 0 Å². The quantitative estimate of drug-likeness (QED) is 0.616. The first-order valence-corrected chi connectivity index (χ1v) is 5.19. The van der Waals surface area contributed by atoms with Gasteiger partial charge in [-0.2, -0.15) is 0 Å². The number of hydrogen-bond donors (Lipinski definition) is 0. The first-order chi connectivity index (χ1) is 5.04. The number of ether oxygens (including phenoxy) is 1. The van der Waals surface area contributed by atoms with Crippen LogP contribution in [-0.4, -0.2) is 25.7 Å². The van der Waals surface area contributed by atoms with Crippen LogP contribution in [0, 0.1) is 0 Å². The zero-order valence-corrected chi connectivity index (χ0v) is 7.39. The molecule has 1 aliphatic rings. The highest BCUT2D eigenvalue weighted by atomic mass is 32.2. The van der Waals surface area contributed by atoms with Crippen molar-refractivity contribution in [2.75, 3.05) is 13.0 Å². The van der Waals surface area contributed by atoms with E-state index in [1.165, 1.54) is 10.5 Å². The van der Waals surface area contributed by atoms with Gasteiger partial charge in [-0.3, -0.25) is 0 Å². The molecule has 0 atom stereocenters. The maximum atomic E-state index is 10.9. The van der Waals surface area contributed by atoms with E-state index in [9.17, 15) is 8.42 Å². The maximum absolute atomic E-state index is 10.9. The van der Waals surface area contributed by atoms with E-state index < -0.39 is 10.0 Å². The molecule has 0 fully saturated rings. The van der Waals surface area contributed by atoms with Crippen molar-refractivity contribution in [1.82, 2.24) is 4.31 Å². The molecular weight excluding hydrogens is 166 g/mol. The van der Waals surface area contributed by atoms with Crippen molar-refractivity contribution < 1.29 is 13.2 Å². The Balaban J connectivity index is 2.75. The summed E-state index contributed by atoms with van der Waals surface area (Å²) in [6, 6.07) is 0. The van der Waals surface area contributed by atoms with Gasteiger partial charge in [0.2, 0.25) is 10.0 Å². The minimum atomic E-state index is -3.11. The average molecular weight is 177 g/mol. The number of allylic oxidation sites excluding steroid dienone is 1. The van der Waals surface area contributed by atoms with E-state index in [1.54, 1.807) is 0 Å². The second-order valence-electron chi connectivity index (χ2n) is 2.37. The molecule has 0 unspecified atom stereocenters. The summed E-state index contributed by atoms with van der Waals surface area (Å²) < 4.78 is 28.0. The molecule has 11 heavy (non-hydrogen) atoms. The molecule has 0 aromatic carbocycles. The van der Waals surface area contributed by atoms with Crippen molar-refractivity contribution in [3.8, 4) is 0 Å². The van der Waals surface area contributed by atoms with Gasteiger partial charge >= 0.3 is 0 Å². The van der Waals surface area contributed by atoms with Crippen LogP contribution in [0.25, 0.3) is 0 Å². The molecule has 0 amide bonds. The summed E-state index contributed by atoms with van der Waals surface area (Å²) in [5, 5.41) is 0. The lowest BCUT2D eigenvalue weighted by molar-refractivity contribution is 0.189. The largest absolute Gasteiger partial charge is 0.475 e. The monoisotopic (exact) mass is 177 g/mol. The minimum absolute atomic E-state index is 0.127. The molecule has 0 saturated carbocycles. The SMILES string of the molecule is CCC1=CN(S(C)(=O)=O)CO1. The van der Waals surface area contributed by atoms with Crippen molar-refractivity contribution >= 4 is 10.0 Å². The average Bonchev–Trinajstić information content (AvgIpc) is 2.32. The Morgan fingerprint density at radius 1 is 1.73 bits per heavy atom. The standard InChI is InChI=1S/C6H11NO3S/c1-3-6-4-7(5-10-6)11(2,8)9/h4H,3,5H2,1-2H3. The molecule has 0 aromatic heterocycles. The smallest absolute Gasteiger partial charge is 0.234 e. The summed E-state index contributed by atoms with van der Waals surface area (Å²) in [5.41, 5.74) is 0. The van der Waals surface area contributed by atoms with E-state index in [1.807, 2.05) is 6.92 Å². The van der Waals surface area contributed by atoms with Crippen LogP contribution in [0.2, 0.25) is 0 Å². The van der Waals surface area contributed by atoms with Gasteiger partial charge in [-0.25, -0.2) is 12.7 Å². The molecule has 0 aliphatic carbocycles. The van der Waals surface area contributed by atoms with Crippen LogP contribution in [0.3, 0.4) is 0 Å². The summed E-state index contributed by atoms with van der Waals surface area (Å²) in [6.45, 7) is 2.04. The molecule has 0 bridgehead atoms. The fraction of sp³-hybridized carbons (Fsp3) is 0.667. The zero-order valence-electron chi connectivity index (χ0n) is 6.57. The lowest BCUT2D eigenvalue weighted by Gasteiger charge is -2.08. The van der Waals surface area contributed by atoms with E-state index >= 15 is 0 Å². The van der Waals surface area contributed by atoms with Gasteiger partial charge in [0.1, 0.15) is 5.76 Å². The topological polar surface area (TPSA) is 46.6 Å². The molecule has 1 heterocycles. The zero-order chi connectivity index (χ0) is 8.48. The summed E-state index contributed by atoms with van der Waals surface area (Å²) in [6.07, 6.45) is 3.41. The normalized spacial score (nSPS) is 18.0. The van der Waals surface area contributed by atoms with Gasteiger partial charge in [0, 0.05) is 6.42 Å².